The molecule has 1 aromatic rings. The van der Waals surface area contributed by atoms with Crippen LogP contribution < -0.4 is 4.74 Å². The van der Waals surface area contributed by atoms with Crippen LogP contribution in [0.2, 0.25) is 0 Å². The highest BCUT2D eigenvalue weighted by atomic mass is 16.5. The van der Waals surface area contributed by atoms with Crippen molar-refractivity contribution in [3.63, 3.8) is 0 Å². The molecule has 98 valence electrons. The van der Waals surface area contributed by atoms with Crippen molar-refractivity contribution in [3.8, 4) is 5.75 Å². The van der Waals surface area contributed by atoms with E-state index in [1.54, 1.807) is 13.2 Å². The first kappa shape index (κ1) is 14.5. The van der Waals surface area contributed by atoms with Gasteiger partial charge in [-0.1, -0.05) is 19.9 Å². The average molecular weight is 247 g/mol. The van der Waals surface area contributed by atoms with Gasteiger partial charge >= 0.3 is 0 Å². The summed E-state index contributed by atoms with van der Waals surface area (Å²) in [5.74, 6) is 1.39. The third-order valence-corrected chi connectivity index (χ3v) is 3.09. The Morgan fingerprint density at radius 1 is 1.39 bits per heavy atom. The number of ether oxygens (including phenoxy) is 1. The topological polar surface area (TPSA) is 38.7 Å². The third kappa shape index (κ3) is 3.71. The van der Waals surface area contributed by atoms with E-state index < -0.39 is 0 Å². The zero-order chi connectivity index (χ0) is 13.5. The maximum Gasteiger partial charge on any atom is 0.234 e. The minimum absolute atomic E-state index is 0.437. The van der Waals surface area contributed by atoms with Crippen LogP contribution in [0.3, 0.4) is 0 Å². The van der Waals surface area contributed by atoms with Crippen molar-refractivity contribution in [2.45, 2.75) is 39.5 Å². The molecular weight excluding hydrogens is 226 g/mol. The van der Waals surface area contributed by atoms with E-state index in [-0.39, 0.29) is 0 Å². The zero-order valence-corrected chi connectivity index (χ0v) is 11.6. The molecule has 0 saturated heterocycles. The highest BCUT2D eigenvalue weighted by Crippen LogP contribution is 2.30. The molecule has 0 amide bonds. The molecule has 1 rings (SSSR count). The summed E-state index contributed by atoms with van der Waals surface area (Å²) in [7, 11) is 1.71. The Hall–Kier alpha value is -1.60. The first-order chi connectivity index (χ1) is 8.60. The molecule has 3 heteroatoms. The summed E-state index contributed by atoms with van der Waals surface area (Å²) < 4.78 is 5.42. The highest BCUT2D eigenvalue weighted by Gasteiger charge is 2.10. The molecule has 0 N–H and O–H groups in total. The molecule has 0 radical (unpaired) electrons. The van der Waals surface area contributed by atoms with Gasteiger partial charge in [0.25, 0.3) is 0 Å². The van der Waals surface area contributed by atoms with Crippen LogP contribution in [0.25, 0.3) is 0 Å². The van der Waals surface area contributed by atoms with Crippen molar-refractivity contribution >= 4 is 6.08 Å². The van der Waals surface area contributed by atoms with Crippen LogP contribution in [0.5, 0.6) is 5.75 Å². The van der Waals surface area contributed by atoms with Crippen LogP contribution in [0.1, 0.15) is 42.9 Å². The summed E-state index contributed by atoms with van der Waals surface area (Å²) in [5, 5.41) is 0. The second kappa shape index (κ2) is 6.97. The van der Waals surface area contributed by atoms with Crippen molar-refractivity contribution in [2.24, 2.45) is 4.99 Å². The number of nitrogens with zero attached hydrogens (tertiary/aromatic N) is 1. The summed E-state index contributed by atoms with van der Waals surface area (Å²) in [6, 6.07) is 4.30. The van der Waals surface area contributed by atoms with Gasteiger partial charge in [-0.05, 0) is 48.4 Å². The lowest BCUT2D eigenvalue weighted by Gasteiger charge is -2.16. The summed E-state index contributed by atoms with van der Waals surface area (Å²) in [6.45, 7) is 6.96. The van der Waals surface area contributed by atoms with E-state index in [9.17, 15) is 4.79 Å². The maximum absolute atomic E-state index is 10.0. The van der Waals surface area contributed by atoms with E-state index in [4.69, 9.17) is 4.74 Å². The van der Waals surface area contributed by atoms with Crippen LogP contribution in [0, 0.1) is 6.92 Å². The predicted octanol–water partition coefficient (Wildman–Crippen LogP) is 3.40. The number of isocyanates is 1. The highest BCUT2D eigenvalue weighted by molar-refractivity contribution is 5.44. The van der Waals surface area contributed by atoms with Gasteiger partial charge in [0.1, 0.15) is 5.75 Å². The first-order valence-corrected chi connectivity index (χ1v) is 6.31. The maximum atomic E-state index is 10.0. The fourth-order valence-corrected chi connectivity index (χ4v) is 2.04. The van der Waals surface area contributed by atoms with Crippen LogP contribution >= 0.6 is 0 Å². The van der Waals surface area contributed by atoms with Gasteiger partial charge in [0.05, 0.1) is 13.7 Å². The lowest BCUT2D eigenvalue weighted by molar-refractivity contribution is 0.407. The average Bonchev–Trinajstić information content (AvgIpc) is 2.35. The van der Waals surface area contributed by atoms with Crippen molar-refractivity contribution in [1.82, 2.24) is 0 Å². The fourth-order valence-electron chi connectivity index (χ4n) is 2.04. The van der Waals surface area contributed by atoms with Gasteiger partial charge in [-0.25, -0.2) is 9.79 Å². The van der Waals surface area contributed by atoms with Gasteiger partial charge in [-0.2, -0.15) is 0 Å². The normalized spacial score (nSPS) is 10.3. The number of carbonyl (C=O) groups excluding carboxylic acids is 1. The lowest BCUT2D eigenvalue weighted by atomic mass is 9.94. The Kier molecular flexibility index (Phi) is 5.60. The monoisotopic (exact) mass is 247 g/mol. The van der Waals surface area contributed by atoms with Gasteiger partial charge in [-0.15, -0.1) is 0 Å². The molecule has 0 aliphatic rings. The number of aliphatic imine (C=N–C) groups is 1. The Labute approximate surface area is 109 Å². The molecule has 0 atom stereocenters. The molecule has 0 aliphatic carbocycles. The molecule has 3 nitrogen and oxygen atoms in total. The minimum Gasteiger partial charge on any atom is -0.496 e. The number of methoxy groups -OCH3 is 1. The third-order valence-electron chi connectivity index (χ3n) is 3.09. The summed E-state index contributed by atoms with van der Waals surface area (Å²) in [4.78, 5) is 13.6. The van der Waals surface area contributed by atoms with Crippen LogP contribution in [0.4, 0.5) is 0 Å². The first-order valence-electron chi connectivity index (χ1n) is 6.31. The number of hydrogen-bond acceptors (Lipinski definition) is 3. The van der Waals surface area contributed by atoms with Crippen molar-refractivity contribution in [1.29, 1.82) is 0 Å². The molecular formula is C15H21NO2. The van der Waals surface area contributed by atoms with Gasteiger partial charge in [0, 0.05) is 0 Å². The number of benzene rings is 1. The molecule has 0 unspecified atom stereocenters. The SMILES string of the molecule is COc1cc(C)c(CCCN=C=O)cc1C(C)C. The Balaban J connectivity index is 2.91. The zero-order valence-electron chi connectivity index (χ0n) is 11.6. The van der Waals surface area contributed by atoms with Gasteiger partial charge in [-0.3, -0.25) is 0 Å². The standard InChI is InChI=1S/C15H21NO2/c1-11(2)14-9-13(6-5-7-16-10-17)12(3)8-15(14)18-4/h8-9,11H,5-7H2,1-4H3. The van der Waals surface area contributed by atoms with E-state index in [0.29, 0.717) is 12.5 Å². The van der Waals surface area contributed by atoms with Gasteiger partial charge < -0.3 is 4.74 Å². The van der Waals surface area contributed by atoms with E-state index >= 15 is 0 Å². The van der Waals surface area contributed by atoms with Crippen molar-refractivity contribution in [2.75, 3.05) is 13.7 Å². The van der Waals surface area contributed by atoms with E-state index in [2.05, 4.69) is 37.9 Å². The molecule has 0 aromatic heterocycles. The largest absolute Gasteiger partial charge is 0.496 e. The molecule has 0 bridgehead atoms. The molecule has 0 heterocycles. The van der Waals surface area contributed by atoms with Crippen molar-refractivity contribution < 1.29 is 9.53 Å². The minimum atomic E-state index is 0.437. The van der Waals surface area contributed by atoms with Crippen LogP contribution in [-0.4, -0.2) is 19.7 Å². The Bertz CT molecular complexity index is 446. The molecule has 1 aromatic carbocycles. The fraction of sp³-hybridized carbons (Fsp3) is 0.533. The van der Waals surface area contributed by atoms with E-state index in [1.165, 1.54) is 16.7 Å². The summed E-state index contributed by atoms with van der Waals surface area (Å²) in [5.41, 5.74) is 3.77. The predicted molar refractivity (Wildman–Crippen MR) is 73.1 cm³/mol. The number of aryl methyl sites for hydroxylation is 2. The van der Waals surface area contributed by atoms with Gasteiger partial charge in [0.2, 0.25) is 6.08 Å². The Morgan fingerprint density at radius 2 is 2.11 bits per heavy atom. The van der Waals surface area contributed by atoms with Crippen LogP contribution in [0.15, 0.2) is 17.1 Å². The number of hydrogen-bond donors (Lipinski definition) is 0. The van der Waals surface area contributed by atoms with Crippen LogP contribution in [-0.2, 0) is 11.2 Å². The molecule has 18 heavy (non-hydrogen) atoms. The summed E-state index contributed by atoms with van der Waals surface area (Å²) >= 11 is 0. The lowest BCUT2D eigenvalue weighted by Crippen LogP contribution is -2.00. The number of rotatable bonds is 6. The van der Waals surface area contributed by atoms with Crippen molar-refractivity contribution in [3.05, 3.63) is 28.8 Å². The summed E-state index contributed by atoms with van der Waals surface area (Å²) in [6.07, 6.45) is 3.38. The van der Waals surface area contributed by atoms with E-state index in [1.807, 2.05) is 0 Å². The second-order valence-corrected chi connectivity index (χ2v) is 4.75. The second-order valence-electron chi connectivity index (χ2n) is 4.75. The molecule has 0 saturated carbocycles. The van der Waals surface area contributed by atoms with E-state index in [0.717, 1.165) is 18.6 Å². The molecule has 0 fully saturated rings. The Morgan fingerprint density at radius 3 is 2.67 bits per heavy atom. The molecule has 0 spiro atoms. The quantitative estimate of drug-likeness (QED) is 0.439. The molecule has 0 aliphatic heterocycles. The van der Waals surface area contributed by atoms with Gasteiger partial charge in [0.15, 0.2) is 0 Å². The smallest absolute Gasteiger partial charge is 0.234 e.